The molecule has 0 heterocycles. The highest BCUT2D eigenvalue weighted by atomic mass is 16.5. The summed E-state index contributed by atoms with van der Waals surface area (Å²) in [6.07, 6.45) is 1.03. The minimum absolute atomic E-state index is 0.640. The minimum Gasteiger partial charge on any atom is -0.497 e. The van der Waals surface area contributed by atoms with Crippen molar-refractivity contribution < 1.29 is 9.47 Å². The first-order chi connectivity index (χ1) is 12.8. The van der Waals surface area contributed by atoms with E-state index in [0.717, 1.165) is 30.3 Å². The van der Waals surface area contributed by atoms with Crippen molar-refractivity contribution in [2.75, 3.05) is 20.8 Å². The highest BCUT2D eigenvalue weighted by Crippen LogP contribution is 2.12. The van der Waals surface area contributed by atoms with Crippen LogP contribution in [0.5, 0.6) is 5.75 Å². The van der Waals surface area contributed by atoms with Gasteiger partial charge in [-0.25, -0.2) is 0 Å². The Morgan fingerprint density at radius 3 is 2.50 bits per heavy atom. The number of aliphatic imine (C=N–C) groups is 1. The van der Waals surface area contributed by atoms with E-state index >= 15 is 0 Å². The summed E-state index contributed by atoms with van der Waals surface area (Å²) in [5.41, 5.74) is 3.56. The van der Waals surface area contributed by atoms with Gasteiger partial charge in [0.25, 0.3) is 0 Å². The zero-order valence-electron chi connectivity index (χ0n) is 15.9. The molecule has 2 rings (SSSR count). The minimum atomic E-state index is 0.640. The highest BCUT2D eigenvalue weighted by molar-refractivity contribution is 5.79. The molecule has 0 spiro atoms. The second-order valence-electron chi connectivity index (χ2n) is 5.95. The van der Waals surface area contributed by atoms with Crippen molar-refractivity contribution >= 4 is 5.96 Å². The van der Waals surface area contributed by atoms with Crippen LogP contribution in [0, 0.1) is 0 Å². The van der Waals surface area contributed by atoms with Gasteiger partial charge in [0.15, 0.2) is 5.96 Å². The number of rotatable bonds is 9. The van der Waals surface area contributed by atoms with Gasteiger partial charge in [-0.15, -0.1) is 0 Å². The number of ether oxygens (including phenoxy) is 2. The van der Waals surface area contributed by atoms with Crippen LogP contribution >= 0.6 is 0 Å². The molecule has 140 valence electrons. The maximum absolute atomic E-state index is 5.68. The molecule has 0 unspecified atom stereocenters. The SMILES string of the molecule is CCCOCc1ccccc1CNC(=NC)NCc1cccc(OC)c1. The maximum atomic E-state index is 5.68. The van der Waals surface area contributed by atoms with Crippen molar-refractivity contribution in [3.8, 4) is 5.75 Å². The largest absolute Gasteiger partial charge is 0.497 e. The van der Waals surface area contributed by atoms with Crippen molar-refractivity contribution in [3.63, 3.8) is 0 Å². The molecule has 0 amide bonds. The van der Waals surface area contributed by atoms with E-state index < -0.39 is 0 Å². The summed E-state index contributed by atoms with van der Waals surface area (Å²) in [6, 6.07) is 16.3. The molecule has 2 N–H and O–H groups in total. The summed E-state index contributed by atoms with van der Waals surface area (Å²) < 4.78 is 10.9. The van der Waals surface area contributed by atoms with Crippen LogP contribution in [0.25, 0.3) is 0 Å². The summed E-state index contributed by atoms with van der Waals surface area (Å²) in [5, 5.41) is 6.70. The lowest BCUT2D eigenvalue weighted by Crippen LogP contribution is -2.36. The van der Waals surface area contributed by atoms with Crippen molar-refractivity contribution in [1.82, 2.24) is 10.6 Å². The molecule has 0 fully saturated rings. The molecule has 5 heteroatoms. The quantitative estimate of drug-likeness (QED) is 0.411. The van der Waals surface area contributed by atoms with E-state index in [4.69, 9.17) is 9.47 Å². The summed E-state index contributed by atoms with van der Waals surface area (Å²) in [7, 11) is 3.45. The monoisotopic (exact) mass is 355 g/mol. The number of hydrogen-bond donors (Lipinski definition) is 2. The van der Waals surface area contributed by atoms with Gasteiger partial charge in [-0.1, -0.05) is 43.3 Å². The second-order valence-corrected chi connectivity index (χ2v) is 5.95. The standard InChI is InChI=1S/C21H29N3O2/c1-4-12-26-16-19-10-6-5-9-18(19)15-24-21(22-2)23-14-17-8-7-11-20(13-17)25-3/h5-11,13H,4,12,14-16H2,1-3H3,(H2,22,23,24). The Hall–Kier alpha value is -2.53. The van der Waals surface area contributed by atoms with Gasteiger partial charge < -0.3 is 20.1 Å². The normalized spacial score (nSPS) is 11.3. The van der Waals surface area contributed by atoms with E-state index in [2.05, 4.69) is 40.7 Å². The third kappa shape index (κ3) is 6.41. The zero-order chi connectivity index (χ0) is 18.6. The number of guanidine groups is 1. The first-order valence-electron chi connectivity index (χ1n) is 8.98. The van der Waals surface area contributed by atoms with Crippen LogP contribution in [0.1, 0.15) is 30.0 Å². The Morgan fingerprint density at radius 1 is 1.00 bits per heavy atom. The van der Waals surface area contributed by atoms with Crippen molar-refractivity contribution in [2.45, 2.75) is 33.0 Å². The van der Waals surface area contributed by atoms with Gasteiger partial charge in [0.05, 0.1) is 13.7 Å². The molecule has 0 saturated heterocycles. The van der Waals surface area contributed by atoms with E-state index in [-0.39, 0.29) is 0 Å². The molecular weight excluding hydrogens is 326 g/mol. The van der Waals surface area contributed by atoms with E-state index in [1.165, 1.54) is 11.1 Å². The lowest BCUT2D eigenvalue weighted by molar-refractivity contribution is 0.121. The number of benzene rings is 2. The lowest BCUT2D eigenvalue weighted by Gasteiger charge is -2.15. The Kier molecular flexibility index (Phi) is 8.49. The zero-order valence-corrected chi connectivity index (χ0v) is 15.9. The highest BCUT2D eigenvalue weighted by Gasteiger charge is 2.04. The summed E-state index contributed by atoms with van der Waals surface area (Å²) >= 11 is 0. The van der Waals surface area contributed by atoms with E-state index in [1.807, 2.05) is 30.3 Å². The summed E-state index contributed by atoms with van der Waals surface area (Å²) in [4.78, 5) is 4.30. The number of hydrogen-bond acceptors (Lipinski definition) is 3. The molecule has 0 atom stereocenters. The van der Waals surface area contributed by atoms with E-state index in [0.29, 0.717) is 19.7 Å². The molecule has 0 bridgehead atoms. The third-order valence-corrected chi connectivity index (χ3v) is 3.99. The number of nitrogens with zero attached hydrogens (tertiary/aromatic N) is 1. The van der Waals surface area contributed by atoms with Crippen LogP contribution in [-0.4, -0.2) is 26.7 Å². The van der Waals surface area contributed by atoms with Gasteiger partial charge in [-0.3, -0.25) is 4.99 Å². The van der Waals surface area contributed by atoms with Gasteiger partial charge in [-0.05, 0) is 35.2 Å². The molecule has 0 saturated carbocycles. The first-order valence-corrected chi connectivity index (χ1v) is 8.98. The Morgan fingerprint density at radius 2 is 1.77 bits per heavy atom. The van der Waals surface area contributed by atoms with E-state index in [1.54, 1.807) is 14.2 Å². The summed E-state index contributed by atoms with van der Waals surface area (Å²) in [6.45, 7) is 4.92. The fraction of sp³-hybridized carbons (Fsp3) is 0.381. The Labute approximate surface area is 156 Å². The Bertz CT molecular complexity index is 701. The average molecular weight is 355 g/mol. The molecule has 2 aromatic rings. The van der Waals surface area contributed by atoms with Crippen LogP contribution < -0.4 is 15.4 Å². The maximum Gasteiger partial charge on any atom is 0.191 e. The predicted octanol–water partition coefficient (Wildman–Crippen LogP) is 3.49. The van der Waals surface area contributed by atoms with Crippen LogP contribution in [0.4, 0.5) is 0 Å². The van der Waals surface area contributed by atoms with Crippen molar-refractivity contribution in [3.05, 3.63) is 65.2 Å². The molecule has 26 heavy (non-hydrogen) atoms. The van der Waals surface area contributed by atoms with Crippen molar-refractivity contribution in [2.24, 2.45) is 4.99 Å². The van der Waals surface area contributed by atoms with E-state index in [9.17, 15) is 0 Å². The fourth-order valence-corrected chi connectivity index (χ4v) is 2.56. The van der Waals surface area contributed by atoms with Crippen LogP contribution in [0.2, 0.25) is 0 Å². The van der Waals surface area contributed by atoms with Gasteiger partial charge in [-0.2, -0.15) is 0 Å². The molecule has 0 aliphatic heterocycles. The fourth-order valence-electron chi connectivity index (χ4n) is 2.56. The molecule has 0 aromatic heterocycles. The molecule has 0 aliphatic carbocycles. The van der Waals surface area contributed by atoms with Gasteiger partial charge >= 0.3 is 0 Å². The molecule has 5 nitrogen and oxygen atoms in total. The molecule has 0 aliphatic rings. The smallest absolute Gasteiger partial charge is 0.191 e. The number of nitrogens with one attached hydrogen (secondary N) is 2. The van der Waals surface area contributed by atoms with Gasteiger partial charge in [0.1, 0.15) is 5.75 Å². The first kappa shape index (κ1) is 19.8. The number of methoxy groups -OCH3 is 1. The van der Waals surface area contributed by atoms with Gasteiger partial charge in [0.2, 0.25) is 0 Å². The molecule has 0 radical (unpaired) electrons. The van der Waals surface area contributed by atoms with Crippen molar-refractivity contribution in [1.29, 1.82) is 0 Å². The predicted molar refractivity (Wildman–Crippen MR) is 106 cm³/mol. The Balaban J connectivity index is 1.88. The topological polar surface area (TPSA) is 54.9 Å². The van der Waals surface area contributed by atoms with Crippen LogP contribution in [0.15, 0.2) is 53.5 Å². The third-order valence-electron chi connectivity index (χ3n) is 3.99. The molecule has 2 aromatic carbocycles. The second kappa shape index (κ2) is 11.2. The van der Waals surface area contributed by atoms with Gasteiger partial charge in [0, 0.05) is 26.7 Å². The molecular formula is C21H29N3O2. The van der Waals surface area contributed by atoms with Crippen LogP contribution in [0.3, 0.4) is 0 Å². The van der Waals surface area contributed by atoms with Crippen LogP contribution in [-0.2, 0) is 24.4 Å². The lowest BCUT2D eigenvalue weighted by atomic mass is 10.1. The summed E-state index contributed by atoms with van der Waals surface area (Å²) in [5.74, 6) is 1.62. The average Bonchev–Trinajstić information content (AvgIpc) is 2.69.